The van der Waals surface area contributed by atoms with E-state index in [0.717, 1.165) is 11.1 Å². The number of hydrogen-bond donors (Lipinski definition) is 1. The topological polar surface area (TPSA) is 52.7 Å². The van der Waals surface area contributed by atoms with Crippen molar-refractivity contribution in [1.82, 2.24) is 15.1 Å². The number of nitrogens with one attached hydrogen (secondary N) is 1. The van der Waals surface area contributed by atoms with Gasteiger partial charge in [0.05, 0.1) is 6.04 Å². The van der Waals surface area contributed by atoms with Crippen LogP contribution in [0, 0.1) is 0 Å². The summed E-state index contributed by atoms with van der Waals surface area (Å²) in [6.07, 6.45) is 0. The van der Waals surface area contributed by atoms with E-state index in [0.29, 0.717) is 17.8 Å². The standard InChI is InChI=1S/C21H23N3O2/c1-15-17-11-7-8-12-18(17)21(26)24(15)14-20(25)22-13-19(23(2)3)16-9-5-4-6-10-16/h4-12,19H,1,13-14H2,2-3H3,(H,22,25)/t19-/m0/s1. The van der Waals surface area contributed by atoms with Crippen molar-refractivity contribution in [3.05, 3.63) is 77.9 Å². The molecule has 1 aliphatic heterocycles. The van der Waals surface area contributed by atoms with Crippen LogP contribution in [-0.2, 0) is 4.79 Å². The number of rotatable bonds is 6. The summed E-state index contributed by atoms with van der Waals surface area (Å²) in [5, 5.41) is 2.94. The second kappa shape index (κ2) is 7.54. The van der Waals surface area contributed by atoms with E-state index in [1.807, 2.05) is 62.6 Å². The molecule has 0 bridgehead atoms. The van der Waals surface area contributed by atoms with Crippen molar-refractivity contribution < 1.29 is 9.59 Å². The Balaban J connectivity index is 1.63. The van der Waals surface area contributed by atoms with Gasteiger partial charge >= 0.3 is 0 Å². The highest BCUT2D eigenvalue weighted by Crippen LogP contribution is 2.30. The molecule has 5 nitrogen and oxygen atoms in total. The predicted octanol–water partition coefficient (Wildman–Crippen LogP) is 2.53. The van der Waals surface area contributed by atoms with Crippen molar-refractivity contribution in [3.8, 4) is 0 Å². The molecule has 2 aromatic rings. The number of carbonyl (C=O) groups is 2. The Morgan fingerprint density at radius 1 is 1.08 bits per heavy atom. The van der Waals surface area contributed by atoms with E-state index in [-0.39, 0.29) is 24.4 Å². The largest absolute Gasteiger partial charge is 0.353 e. The molecule has 0 fully saturated rings. The van der Waals surface area contributed by atoms with Crippen molar-refractivity contribution in [1.29, 1.82) is 0 Å². The van der Waals surface area contributed by atoms with E-state index in [1.165, 1.54) is 4.90 Å². The van der Waals surface area contributed by atoms with Crippen LogP contribution in [0.3, 0.4) is 0 Å². The molecule has 0 radical (unpaired) electrons. The van der Waals surface area contributed by atoms with E-state index in [9.17, 15) is 9.59 Å². The average molecular weight is 349 g/mol. The molecule has 0 saturated carbocycles. The first-order chi connectivity index (χ1) is 12.5. The minimum Gasteiger partial charge on any atom is -0.353 e. The average Bonchev–Trinajstić information content (AvgIpc) is 2.88. The summed E-state index contributed by atoms with van der Waals surface area (Å²) >= 11 is 0. The van der Waals surface area contributed by atoms with Crippen LogP contribution in [0.25, 0.3) is 5.70 Å². The second-order valence-electron chi connectivity index (χ2n) is 6.58. The molecule has 3 rings (SSSR count). The number of likely N-dealkylation sites (N-methyl/N-ethyl adjacent to an activating group) is 1. The van der Waals surface area contributed by atoms with Crippen LogP contribution in [0.15, 0.2) is 61.2 Å². The Bertz CT molecular complexity index is 795. The summed E-state index contributed by atoms with van der Waals surface area (Å²) in [4.78, 5) is 28.4. The zero-order valence-electron chi connectivity index (χ0n) is 15.1. The van der Waals surface area contributed by atoms with E-state index < -0.39 is 0 Å². The van der Waals surface area contributed by atoms with Gasteiger partial charge in [-0.05, 0) is 25.7 Å². The lowest BCUT2D eigenvalue weighted by Gasteiger charge is -2.25. The number of nitrogens with zero attached hydrogens (tertiary/aromatic N) is 2. The Morgan fingerprint density at radius 2 is 1.69 bits per heavy atom. The van der Waals surface area contributed by atoms with Gasteiger partial charge in [0.15, 0.2) is 0 Å². The van der Waals surface area contributed by atoms with E-state index in [4.69, 9.17) is 0 Å². The maximum Gasteiger partial charge on any atom is 0.259 e. The fourth-order valence-electron chi connectivity index (χ4n) is 3.19. The summed E-state index contributed by atoms with van der Waals surface area (Å²) in [5.41, 5.74) is 3.10. The highest BCUT2D eigenvalue weighted by atomic mass is 16.2. The molecule has 26 heavy (non-hydrogen) atoms. The van der Waals surface area contributed by atoms with Crippen LogP contribution in [0.5, 0.6) is 0 Å². The number of hydrogen-bond acceptors (Lipinski definition) is 3. The molecule has 134 valence electrons. The zero-order chi connectivity index (χ0) is 18.7. The summed E-state index contributed by atoms with van der Waals surface area (Å²) in [7, 11) is 3.96. The second-order valence-corrected chi connectivity index (χ2v) is 6.58. The van der Waals surface area contributed by atoms with Gasteiger partial charge in [0, 0.05) is 23.4 Å². The highest BCUT2D eigenvalue weighted by molar-refractivity contribution is 6.10. The molecule has 2 amide bonds. The number of benzene rings is 2. The third-order valence-corrected chi connectivity index (χ3v) is 4.64. The molecule has 0 aliphatic carbocycles. The van der Waals surface area contributed by atoms with Crippen molar-refractivity contribution in [2.75, 3.05) is 27.2 Å². The fourth-order valence-corrected chi connectivity index (χ4v) is 3.19. The lowest BCUT2D eigenvalue weighted by Crippen LogP contribution is -2.40. The van der Waals surface area contributed by atoms with Gasteiger partial charge in [-0.25, -0.2) is 0 Å². The minimum atomic E-state index is -0.199. The van der Waals surface area contributed by atoms with Gasteiger partial charge in [0.2, 0.25) is 5.91 Å². The maximum absolute atomic E-state index is 12.5. The molecule has 1 heterocycles. The number of carbonyl (C=O) groups excluding carboxylic acids is 2. The van der Waals surface area contributed by atoms with Crippen LogP contribution in [0.1, 0.15) is 27.5 Å². The molecule has 0 saturated heterocycles. The van der Waals surface area contributed by atoms with Gasteiger partial charge in [-0.15, -0.1) is 0 Å². The van der Waals surface area contributed by atoms with Crippen LogP contribution in [0.4, 0.5) is 0 Å². The van der Waals surface area contributed by atoms with Gasteiger partial charge < -0.3 is 10.2 Å². The van der Waals surface area contributed by atoms with E-state index in [2.05, 4.69) is 16.8 Å². The first-order valence-corrected chi connectivity index (χ1v) is 8.57. The van der Waals surface area contributed by atoms with Crippen LogP contribution < -0.4 is 5.32 Å². The van der Waals surface area contributed by atoms with Crippen molar-refractivity contribution in [3.63, 3.8) is 0 Å². The summed E-state index contributed by atoms with van der Waals surface area (Å²) in [6.45, 7) is 4.41. The van der Waals surface area contributed by atoms with Crippen molar-refractivity contribution in [2.45, 2.75) is 6.04 Å². The molecule has 1 atom stereocenters. The van der Waals surface area contributed by atoms with Gasteiger partial charge in [-0.1, -0.05) is 55.1 Å². The Morgan fingerprint density at radius 3 is 2.31 bits per heavy atom. The Kier molecular flexibility index (Phi) is 5.19. The molecular weight excluding hydrogens is 326 g/mol. The lowest BCUT2D eigenvalue weighted by atomic mass is 10.1. The fraction of sp³-hybridized carbons (Fsp3) is 0.238. The quantitative estimate of drug-likeness (QED) is 0.872. The maximum atomic E-state index is 12.5. The van der Waals surface area contributed by atoms with Gasteiger partial charge in [0.1, 0.15) is 6.54 Å². The number of fused-ring (bicyclic) bond motifs is 1. The molecule has 1 aliphatic rings. The molecule has 0 aromatic heterocycles. The highest BCUT2D eigenvalue weighted by Gasteiger charge is 2.31. The van der Waals surface area contributed by atoms with Crippen LogP contribution >= 0.6 is 0 Å². The summed E-state index contributed by atoms with van der Waals surface area (Å²) in [5.74, 6) is -0.372. The molecular formula is C21H23N3O2. The third-order valence-electron chi connectivity index (χ3n) is 4.64. The number of amides is 2. The Hall–Kier alpha value is -2.92. The monoisotopic (exact) mass is 349 g/mol. The first-order valence-electron chi connectivity index (χ1n) is 8.57. The van der Waals surface area contributed by atoms with Crippen molar-refractivity contribution >= 4 is 17.5 Å². The molecule has 2 aromatic carbocycles. The molecule has 0 spiro atoms. The molecule has 1 N–H and O–H groups in total. The smallest absolute Gasteiger partial charge is 0.259 e. The third kappa shape index (κ3) is 3.53. The van der Waals surface area contributed by atoms with E-state index in [1.54, 1.807) is 6.07 Å². The lowest BCUT2D eigenvalue weighted by molar-refractivity contribution is -0.121. The SMILES string of the molecule is C=C1c2ccccc2C(=O)N1CC(=O)NC[C@@H](c1ccccc1)N(C)C. The van der Waals surface area contributed by atoms with E-state index >= 15 is 0 Å². The predicted molar refractivity (Wildman–Crippen MR) is 102 cm³/mol. The minimum absolute atomic E-state index is 0.0265. The molecule has 5 heteroatoms. The Labute approximate surface area is 153 Å². The van der Waals surface area contributed by atoms with Crippen LogP contribution in [0.2, 0.25) is 0 Å². The first kappa shape index (κ1) is 17.9. The van der Waals surface area contributed by atoms with Gasteiger partial charge in [0.25, 0.3) is 5.91 Å². The van der Waals surface area contributed by atoms with Gasteiger partial charge in [-0.3, -0.25) is 14.5 Å². The normalized spacial score (nSPS) is 14.5. The molecule has 0 unspecified atom stereocenters. The van der Waals surface area contributed by atoms with Crippen molar-refractivity contribution in [2.24, 2.45) is 0 Å². The summed E-state index contributed by atoms with van der Waals surface area (Å²) < 4.78 is 0. The van der Waals surface area contributed by atoms with Gasteiger partial charge in [-0.2, -0.15) is 0 Å². The van der Waals surface area contributed by atoms with Crippen LogP contribution in [-0.4, -0.2) is 48.8 Å². The summed E-state index contributed by atoms with van der Waals surface area (Å²) in [6, 6.07) is 17.4. The zero-order valence-corrected chi connectivity index (χ0v) is 15.1.